The normalized spacial score (nSPS) is 23.0. The molecule has 4 rings (SSSR count). The number of hydrogen-bond donors (Lipinski definition) is 2. The second-order valence-electron chi connectivity index (χ2n) is 11.5. The SMILES string of the molecule is CC1CCC(C(C)C)C(OC(=O)N2CCN(C(=O)c3ccc(F)cc3)C2C(=O)NC(CC(=O)O)c2ccc(F)cc2)C1. The molecule has 0 spiro atoms. The van der Waals surface area contributed by atoms with Gasteiger partial charge in [-0.25, -0.2) is 13.6 Å². The molecular formula is C31H37F2N3O6. The van der Waals surface area contributed by atoms with E-state index in [4.69, 9.17) is 4.74 Å². The van der Waals surface area contributed by atoms with Crippen LogP contribution < -0.4 is 5.32 Å². The molecule has 3 amide bonds. The average molecular weight is 586 g/mol. The molecule has 0 aromatic heterocycles. The topological polar surface area (TPSA) is 116 Å². The van der Waals surface area contributed by atoms with Crippen LogP contribution in [0.25, 0.3) is 0 Å². The van der Waals surface area contributed by atoms with E-state index in [0.717, 1.165) is 37.1 Å². The van der Waals surface area contributed by atoms with Crippen molar-refractivity contribution in [2.45, 2.75) is 64.8 Å². The lowest BCUT2D eigenvalue weighted by molar-refractivity contribution is -0.138. The minimum Gasteiger partial charge on any atom is -0.481 e. The third kappa shape index (κ3) is 7.24. The molecular weight excluding hydrogens is 548 g/mol. The van der Waals surface area contributed by atoms with E-state index in [2.05, 4.69) is 26.1 Å². The van der Waals surface area contributed by atoms with Crippen LogP contribution in [0.1, 0.15) is 68.4 Å². The summed E-state index contributed by atoms with van der Waals surface area (Å²) in [5.74, 6) is -2.90. The van der Waals surface area contributed by atoms with Crippen molar-refractivity contribution in [1.29, 1.82) is 0 Å². The van der Waals surface area contributed by atoms with Crippen LogP contribution in [0.2, 0.25) is 0 Å². The number of nitrogens with one attached hydrogen (secondary N) is 1. The maximum absolute atomic E-state index is 13.8. The second-order valence-corrected chi connectivity index (χ2v) is 11.5. The summed E-state index contributed by atoms with van der Waals surface area (Å²) < 4.78 is 33.1. The van der Waals surface area contributed by atoms with E-state index in [1.807, 2.05) is 0 Å². The Morgan fingerprint density at radius 3 is 2.14 bits per heavy atom. The van der Waals surface area contributed by atoms with Gasteiger partial charge in [0, 0.05) is 18.7 Å². The molecule has 2 aromatic rings. The number of rotatable bonds is 8. The van der Waals surface area contributed by atoms with Gasteiger partial charge in [0.2, 0.25) is 0 Å². The number of benzene rings is 2. The summed E-state index contributed by atoms with van der Waals surface area (Å²) in [6.45, 7) is 6.25. The third-order valence-electron chi connectivity index (χ3n) is 8.17. The Morgan fingerprint density at radius 2 is 1.55 bits per heavy atom. The highest BCUT2D eigenvalue weighted by atomic mass is 19.1. The van der Waals surface area contributed by atoms with Crippen LogP contribution in [-0.2, 0) is 14.3 Å². The van der Waals surface area contributed by atoms with E-state index in [1.165, 1.54) is 34.1 Å². The highest BCUT2D eigenvalue weighted by Gasteiger charge is 2.46. The van der Waals surface area contributed by atoms with Crippen molar-refractivity contribution in [3.8, 4) is 0 Å². The van der Waals surface area contributed by atoms with E-state index in [1.54, 1.807) is 0 Å². The van der Waals surface area contributed by atoms with Gasteiger partial charge < -0.3 is 20.1 Å². The Morgan fingerprint density at radius 1 is 0.952 bits per heavy atom. The average Bonchev–Trinajstić information content (AvgIpc) is 3.38. The summed E-state index contributed by atoms with van der Waals surface area (Å²) in [6, 6.07) is 8.78. The lowest BCUT2D eigenvalue weighted by atomic mass is 9.75. The van der Waals surface area contributed by atoms with Crippen LogP contribution in [0.4, 0.5) is 13.6 Å². The monoisotopic (exact) mass is 585 g/mol. The molecule has 5 unspecified atom stereocenters. The summed E-state index contributed by atoms with van der Waals surface area (Å²) in [5, 5.41) is 12.1. The predicted octanol–water partition coefficient (Wildman–Crippen LogP) is 4.98. The predicted molar refractivity (Wildman–Crippen MR) is 149 cm³/mol. The zero-order valence-corrected chi connectivity index (χ0v) is 24.0. The van der Waals surface area contributed by atoms with Crippen molar-refractivity contribution < 1.29 is 37.8 Å². The lowest BCUT2D eigenvalue weighted by Crippen LogP contribution is -2.55. The number of hydrogen-bond acceptors (Lipinski definition) is 5. The van der Waals surface area contributed by atoms with Crippen molar-refractivity contribution in [2.24, 2.45) is 17.8 Å². The molecule has 2 aliphatic rings. The number of ether oxygens (including phenoxy) is 1. The zero-order chi connectivity index (χ0) is 30.6. The Labute approximate surface area is 243 Å². The number of aliphatic carboxylic acids is 1. The minimum absolute atomic E-state index is 0.00137. The Balaban J connectivity index is 1.63. The standard InChI is InChI=1S/C31H37F2N3O6/c1-18(2)24-13-4-19(3)16-26(24)42-31(41)36-15-14-35(30(40)21-7-11-23(33)12-8-21)29(36)28(39)34-25(17-27(37)38)20-5-9-22(32)10-6-20/h5-12,18-19,24-26,29H,4,13-17H2,1-3H3,(H,34,39)(H,37,38). The fourth-order valence-electron chi connectivity index (χ4n) is 5.89. The van der Waals surface area contributed by atoms with E-state index in [-0.39, 0.29) is 36.6 Å². The van der Waals surface area contributed by atoms with Crippen LogP contribution in [0.3, 0.4) is 0 Å². The van der Waals surface area contributed by atoms with Gasteiger partial charge in [-0.15, -0.1) is 0 Å². The van der Waals surface area contributed by atoms with Crippen LogP contribution in [0.15, 0.2) is 48.5 Å². The van der Waals surface area contributed by atoms with Gasteiger partial charge in [0.1, 0.15) is 17.7 Å². The summed E-state index contributed by atoms with van der Waals surface area (Å²) in [7, 11) is 0. The largest absolute Gasteiger partial charge is 0.481 e. The first-order valence-corrected chi connectivity index (χ1v) is 14.3. The molecule has 1 saturated heterocycles. The molecule has 1 aliphatic heterocycles. The first kappa shape index (κ1) is 30.9. The molecule has 2 fully saturated rings. The number of carbonyl (C=O) groups is 4. The molecule has 2 N–H and O–H groups in total. The zero-order valence-electron chi connectivity index (χ0n) is 24.0. The Bertz CT molecular complexity index is 1290. The fraction of sp³-hybridized carbons (Fsp3) is 0.484. The van der Waals surface area contributed by atoms with Gasteiger partial charge in [-0.3, -0.25) is 19.3 Å². The van der Waals surface area contributed by atoms with Crippen molar-refractivity contribution in [3.63, 3.8) is 0 Å². The highest BCUT2D eigenvalue weighted by molar-refractivity contribution is 5.99. The van der Waals surface area contributed by atoms with E-state index >= 15 is 0 Å². The molecule has 0 bridgehead atoms. The summed E-state index contributed by atoms with van der Waals surface area (Å²) >= 11 is 0. The van der Waals surface area contributed by atoms with Gasteiger partial charge in [-0.05, 0) is 72.6 Å². The number of carboxylic acids is 1. The molecule has 5 atom stereocenters. The maximum Gasteiger partial charge on any atom is 0.412 e. The minimum atomic E-state index is -1.45. The van der Waals surface area contributed by atoms with Gasteiger partial charge in [0.25, 0.3) is 11.8 Å². The Kier molecular flexibility index (Phi) is 9.80. The lowest BCUT2D eigenvalue weighted by Gasteiger charge is -2.38. The van der Waals surface area contributed by atoms with Crippen molar-refractivity contribution >= 4 is 23.9 Å². The molecule has 1 saturated carbocycles. The van der Waals surface area contributed by atoms with Gasteiger partial charge in [0.15, 0.2) is 6.17 Å². The molecule has 1 heterocycles. The molecule has 42 heavy (non-hydrogen) atoms. The molecule has 0 radical (unpaired) electrons. The second kappa shape index (κ2) is 13.3. The Hall–Kier alpha value is -4.02. The first-order chi connectivity index (χ1) is 19.9. The van der Waals surface area contributed by atoms with Crippen molar-refractivity contribution in [3.05, 3.63) is 71.3 Å². The maximum atomic E-state index is 13.8. The molecule has 2 aromatic carbocycles. The number of carboxylic acid groups (broad SMARTS) is 1. The van der Waals surface area contributed by atoms with Crippen LogP contribution in [-0.4, -0.2) is 64.1 Å². The van der Waals surface area contributed by atoms with Gasteiger partial charge in [-0.1, -0.05) is 39.3 Å². The number of halogens is 2. The molecule has 11 heteroatoms. The number of amides is 3. The molecule has 9 nitrogen and oxygen atoms in total. The number of carbonyl (C=O) groups excluding carboxylic acids is 3. The summed E-state index contributed by atoms with van der Waals surface area (Å²) in [6.07, 6.45) is -0.453. The van der Waals surface area contributed by atoms with Crippen LogP contribution >= 0.6 is 0 Å². The highest BCUT2D eigenvalue weighted by Crippen LogP contribution is 2.36. The summed E-state index contributed by atoms with van der Waals surface area (Å²) in [4.78, 5) is 55.0. The van der Waals surface area contributed by atoms with Crippen molar-refractivity contribution in [1.82, 2.24) is 15.1 Å². The smallest absolute Gasteiger partial charge is 0.412 e. The van der Waals surface area contributed by atoms with Crippen LogP contribution in [0.5, 0.6) is 0 Å². The quantitative estimate of drug-likeness (QED) is 0.452. The van der Waals surface area contributed by atoms with Crippen LogP contribution in [0, 0.1) is 29.4 Å². The first-order valence-electron chi connectivity index (χ1n) is 14.3. The van der Waals surface area contributed by atoms with E-state index < -0.39 is 54.1 Å². The van der Waals surface area contributed by atoms with Crippen molar-refractivity contribution in [2.75, 3.05) is 13.1 Å². The number of nitrogens with zero attached hydrogens (tertiary/aromatic N) is 2. The molecule has 1 aliphatic carbocycles. The third-order valence-corrected chi connectivity index (χ3v) is 8.17. The van der Waals surface area contributed by atoms with Gasteiger partial charge in [-0.2, -0.15) is 0 Å². The van der Waals surface area contributed by atoms with E-state index in [9.17, 15) is 33.1 Å². The van der Waals surface area contributed by atoms with Gasteiger partial charge in [0.05, 0.1) is 12.5 Å². The van der Waals surface area contributed by atoms with Gasteiger partial charge >= 0.3 is 12.1 Å². The molecule has 226 valence electrons. The fourth-order valence-corrected chi connectivity index (χ4v) is 5.89. The summed E-state index contributed by atoms with van der Waals surface area (Å²) in [5.41, 5.74) is 0.456. The van der Waals surface area contributed by atoms with E-state index in [0.29, 0.717) is 17.9 Å².